The van der Waals surface area contributed by atoms with Gasteiger partial charge in [0, 0.05) is 12.2 Å². The zero-order valence-corrected chi connectivity index (χ0v) is 13.8. The fraction of sp³-hybridized carbons (Fsp3) is 0.200. The van der Waals surface area contributed by atoms with Crippen molar-refractivity contribution in [3.05, 3.63) is 57.0 Å². The predicted molar refractivity (Wildman–Crippen MR) is 87.0 cm³/mol. The molecule has 0 saturated carbocycles. The summed E-state index contributed by atoms with van der Waals surface area (Å²) in [5.41, 5.74) is 2.39. The Hall–Kier alpha value is -1.000. The monoisotopic (exact) mass is 383 g/mol. The molecule has 2 nitrogen and oxygen atoms in total. The molecule has 0 amide bonds. The molecule has 0 spiro atoms. The number of halogens is 2. The van der Waals surface area contributed by atoms with Crippen LogP contribution in [0.3, 0.4) is 0 Å². The van der Waals surface area contributed by atoms with Crippen molar-refractivity contribution in [2.24, 2.45) is 0 Å². The van der Waals surface area contributed by atoms with E-state index in [0.29, 0.717) is 6.61 Å². The normalized spacial score (nSPS) is 10.3. The van der Waals surface area contributed by atoms with Gasteiger partial charge in [0.25, 0.3) is 0 Å². The number of hydrogen-bond acceptors (Lipinski definition) is 2. The van der Waals surface area contributed by atoms with Crippen molar-refractivity contribution < 1.29 is 4.74 Å². The Bertz CT molecular complexity index is 537. The van der Waals surface area contributed by atoms with Crippen molar-refractivity contribution in [2.75, 3.05) is 18.5 Å². The second kappa shape index (κ2) is 6.96. The quantitative estimate of drug-likeness (QED) is 0.731. The highest BCUT2D eigenvalue weighted by Crippen LogP contribution is 2.32. The molecule has 0 heterocycles. The largest absolute Gasteiger partial charge is 0.489 e. The molecule has 0 aliphatic heterocycles. The van der Waals surface area contributed by atoms with E-state index in [0.717, 1.165) is 26.9 Å². The molecule has 2 aromatic carbocycles. The van der Waals surface area contributed by atoms with Crippen LogP contribution in [0.4, 0.5) is 5.69 Å². The van der Waals surface area contributed by atoms with E-state index < -0.39 is 0 Å². The SMILES string of the molecule is Cc1ccccc1NCCOc1c(Br)cccc1Br. The van der Waals surface area contributed by atoms with Crippen LogP contribution < -0.4 is 10.1 Å². The standard InChI is InChI=1S/C15H15Br2NO/c1-11-5-2-3-8-14(11)18-9-10-19-15-12(16)6-4-7-13(15)17/h2-8,18H,9-10H2,1H3. The van der Waals surface area contributed by atoms with Crippen LogP contribution in [0.15, 0.2) is 51.4 Å². The summed E-state index contributed by atoms with van der Waals surface area (Å²) in [4.78, 5) is 0. The zero-order valence-electron chi connectivity index (χ0n) is 10.6. The highest BCUT2D eigenvalue weighted by atomic mass is 79.9. The van der Waals surface area contributed by atoms with Gasteiger partial charge in [-0.15, -0.1) is 0 Å². The van der Waals surface area contributed by atoms with Gasteiger partial charge in [0.2, 0.25) is 0 Å². The fourth-order valence-electron chi connectivity index (χ4n) is 1.73. The van der Waals surface area contributed by atoms with Crippen LogP contribution in [0.5, 0.6) is 5.75 Å². The molecule has 0 atom stereocenters. The molecular weight excluding hydrogens is 370 g/mol. The average molecular weight is 385 g/mol. The van der Waals surface area contributed by atoms with Crippen LogP contribution in [0.25, 0.3) is 0 Å². The first-order chi connectivity index (χ1) is 9.18. The third-order valence-corrected chi connectivity index (χ3v) is 3.98. The zero-order chi connectivity index (χ0) is 13.7. The van der Waals surface area contributed by atoms with Gasteiger partial charge in [-0.2, -0.15) is 0 Å². The van der Waals surface area contributed by atoms with E-state index in [1.165, 1.54) is 5.56 Å². The Morgan fingerprint density at radius 1 is 1.00 bits per heavy atom. The fourth-order valence-corrected chi connectivity index (χ4v) is 2.96. The van der Waals surface area contributed by atoms with Crippen LogP contribution in [0, 0.1) is 6.92 Å². The number of benzene rings is 2. The minimum absolute atomic E-state index is 0.607. The van der Waals surface area contributed by atoms with E-state index in [1.54, 1.807) is 0 Å². The van der Waals surface area contributed by atoms with Crippen LogP contribution >= 0.6 is 31.9 Å². The molecule has 0 fully saturated rings. The van der Waals surface area contributed by atoms with Crippen molar-refractivity contribution in [1.29, 1.82) is 0 Å². The molecule has 0 aromatic heterocycles. The number of hydrogen-bond donors (Lipinski definition) is 1. The predicted octanol–water partition coefficient (Wildman–Crippen LogP) is 5.01. The second-order valence-corrected chi connectivity index (χ2v) is 5.85. The number of aryl methyl sites for hydroxylation is 1. The van der Waals surface area contributed by atoms with Crippen molar-refractivity contribution in [3.63, 3.8) is 0 Å². The van der Waals surface area contributed by atoms with Crippen molar-refractivity contribution >= 4 is 37.5 Å². The van der Waals surface area contributed by atoms with Gasteiger partial charge in [0.05, 0.1) is 8.95 Å². The molecule has 0 radical (unpaired) electrons. The van der Waals surface area contributed by atoms with Gasteiger partial charge in [-0.05, 0) is 62.5 Å². The average Bonchev–Trinajstić information content (AvgIpc) is 2.39. The molecule has 2 rings (SSSR count). The van der Waals surface area contributed by atoms with Crippen LogP contribution in [0.1, 0.15) is 5.56 Å². The minimum atomic E-state index is 0.607. The molecule has 1 N–H and O–H groups in total. The van der Waals surface area contributed by atoms with Gasteiger partial charge >= 0.3 is 0 Å². The third-order valence-electron chi connectivity index (χ3n) is 2.73. The Morgan fingerprint density at radius 3 is 2.37 bits per heavy atom. The summed E-state index contributed by atoms with van der Waals surface area (Å²) in [5, 5.41) is 3.37. The molecular formula is C15H15Br2NO. The number of rotatable bonds is 5. The maximum Gasteiger partial charge on any atom is 0.147 e. The van der Waals surface area contributed by atoms with E-state index in [-0.39, 0.29) is 0 Å². The Balaban J connectivity index is 1.86. The second-order valence-electron chi connectivity index (χ2n) is 4.14. The number of para-hydroxylation sites is 2. The summed E-state index contributed by atoms with van der Waals surface area (Å²) in [7, 11) is 0. The first-order valence-corrected chi connectivity index (χ1v) is 7.63. The topological polar surface area (TPSA) is 21.3 Å². The summed E-state index contributed by atoms with van der Waals surface area (Å²) in [6, 6.07) is 14.1. The molecule has 0 aliphatic rings. The van der Waals surface area contributed by atoms with Gasteiger partial charge in [-0.25, -0.2) is 0 Å². The van der Waals surface area contributed by atoms with Gasteiger partial charge in [-0.1, -0.05) is 24.3 Å². The van der Waals surface area contributed by atoms with E-state index >= 15 is 0 Å². The Labute approximate surface area is 130 Å². The molecule has 4 heteroatoms. The molecule has 19 heavy (non-hydrogen) atoms. The van der Waals surface area contributed by atoms with Crippen molar-refractivity contribution in [3.8, 4) is 5.75 Å². The van der Waals surface area contributed by atoms with Crippen LogP contribution in [-0.4, -0.2) is 13.2 Å². The molecule has 100 valence electrons. The number of ether oxygens (including phenoxy) is 1. The minimum Gasteiger partial charge on any atom is -0.489 e. The van der Waals surface area contributed by atoms with E-state index in [2.05, 4.69) is 56.2 Å². The van der Waals surface area contributed by atoms with Gasteiger partial charge in [-0.3, -0.25) is 0 Å². The maximum absolute atomic E-state index is 5.77. The Kier molecular flexibility index (Phi) is 5.28. The first kappa shape index (κ1) is 14.4. The highest BCUT2D eigenvalue weighted by molar-refractivity contribution is 9.11. The summed E-state index contributed by atoms with van der Waals surface area (Å²) in [6.07, 6.45) is 0. The van der Waals surface area contributed by atoms with E-state index in [9.17, 15) is 0 Å². The smallest absolute Gasteiger partial charge is 0.147 e. The van der Waals surface area contributed by atoms with Crippen molar-refractivity contribution in [1.82, 2.24) is 0 Å². The number of anilines is 1. The van der Waals surface area contributed by atoms with Crippen LogP contribution in [-0.2, 0) is 0 Å². The van der Waals surface area contributed by atoms with Gasteiger partial charge < -0.3 is 10.1 Å². The van der Waals surface area contributed by atoms with Gasteiger partial charge in [0.1, 0.15) is 12.4 Å². The molecule has 0 aliphatic carbocycles. The highest BCUT2D eigenvalue weighted by Gasteiger charge is 2.05. The molecule has 0 bridgehead atoms. The Morgan fingerprint density at radius 2 is 1.68 bits per heavy atom. The lowest BCUT2D eigenvalue weighted by molar-refractivity contribution is 0.329. The lowest BCUT2D eigenvalue weighted by atomic mass is 10.2. The third kappa shape index (κ3) is 3.98. The summed E-state index contributed by atoms with van der Waals surface area (Å²) >= 11 is 6.96. The molecule has 0 unspecified atom stereocenters. The molecule has 2 aromatic rings. The van der Waals surface area contributed by atoms with E-state index in [1.807, 2.05) is 30.3 Å². The summed E-state index contributed by atoms with van der Waals surface area (Å²) in [5.74, 6) is 0.842. The first-order valence-electron chi connectivity index (χ1n) is 6.05. The van der Waals surface area contributed by atoms with E-state index in [4.69, 9.17) is 4.74 Å². The number of nitrogens with one attached hydrogen (secondary N) is 1. The van der Waals surface area contributed by atoms with Crippen LogP contribution in [0.2, 0.25) is 0 Å². The van der Waals surface area contributed by atoms with Crippen molar-refractivity contribution in [2.45, 2.75) is 6.92 Å². The maximum atomic E-state index is 5.77. The molecule has 0 saturated heterocycles. The summed E-state index contributed by atoms with van der Waals surface area (Å²) < 4.78 is 7.69. The summed E-state index contributed by atoms with van der Waals surface area (Å²) in [6.45, 7) is 3.46. The lowest BCUT2D eigenvalue weighted by Gasteiger charge is -2.12. The van der Waals surface area contributed by atoms with Gasteiger partial charge in [0.15, 0.2) is 0 Å². The lowest BCUT2D eigenvalue weighted by Crippen LogP contribution is -2.12.